The fourth-order valence-corrected chi connectivity index (χ4v) is 2.49. The number of benzene rings is 2. The molecule has 7 nitrogen and oxygen atoms in total. The maximum Gasteiger partial charge on any atom is 0.339 e. The number of esters is 1. The molecule has 0 aliphatic carbocycles. The fourth-order valence-electron chi connectivity index (χ4n) is 2.49. The van der Waals surface area contributed by atoms with Gasteiger partial charge in [0.2, 0.25) is 11.8 Å². The van der Waals surface area contributed by atoms with E-state index in [9.17, 15) is 14.4 Å². The predicted octanol–water partition coefficient (Wildman–Crippen LogP) is 2.86. The predicted molar refractivity (Wildman–Crippen MR) is 102 cm³/mol. The minimum absolute atomic E-state index is 0.196. The lowest BCUT2D eigenvalue weighted by Gasteiger charge is -2.21. The SMILES string of the molecule is CCOc1ccc(N(CC(=O)Nc2ccccc2C(=O)OC)C(C)=O)cc1. The quantitative estimate of drug-likeness (QED) is 0.758. The first-order chi connectivity index (χ1) is 13.0. The van der Waals surface area contributed by atoms with Gasteiger partial charge in [-0.1, -0.05) is 12.1 Å². The molecule has 2 amide bonds. The van der Waals surface area contributed by atoms with Crippen LogP contribution in [-0.2, 0) is 14.3 Å². The van der Waals surface area contributed by atoms with Gasteiger partial charge in [-0.25, -0.2) is 4.79 Å². The van der Waals surface area contributed by atoms with E-state index in [1.54, 1.807) is 48.5 Å². The molecule has 0 bridgehead atoms. The number of carbonyl (C=O) groups is 3. The summed E-state index contributed by atoms with van der Waals surface area (Å²) in [5.41, 5.74) is 1.13. The summed E-state index contributed by atoms with van der Waals surface area (Å²) in [6.07, 6.45) is 0. The number of anilines is 2. The van der Waals surface area contributed by atoms with E-state index in [-0.39, 0.29) is 18.0 Å². The molecular formula is C20H22N2O5. The van der Waals surface area contributed by atoms with Gasteiger partial charge in [-0.15, -0.1) is 0 Å². The number of amides is 2. The molecule has 0 unspecified atom stereocenters. The lowest BCUT2D eigenvalue weighted by Crippen LogP contribution is -2.36. The number of rotatable bonds is 7. The Morgan fingerprint density at radius 3 is 2.30 bits per heavy atom. The van der Waals surface area contributed by atoms with E-state index < -0.39 is 11.9 Å². The summed E-state index contributed by atoms with van der Waals surface area (Å²) in [6.45, 7) is 3.61. The number of nitrogens with zero attached hydrogens (tertiary/aromatic N) is 1. The number of hydrogen-bond acceptors (Lipinski definition) is 5. The minimum atomic E-state index is -0.555. The van der Waals surface area contributed by atoms with E-state index >= 15 is 0 Å². The summed E-state index contributed by atoms with van der Waals surface area (Å²) in [5, 5.41) is 2.65. The molecule has 0 aliphatic rings. The van der Waals surface area contributed by atoms with Crippen molar-refractivity contribution in [2.75, 3.05) is 30.5 Å². The van der Waals surface area contributed by atoms with Gasteiger partial charge in [-0.05, 0) is 43.3 Å². The van der Waals surface area contributed by atoms with E-state index in [4.69, 9.17) is 9.47 Å². The van der Waals surface area contributed by atoms with Gasteiger partial charge < -0.3 is 19.7 Å². The van der Waals surface area contributed by atoms with E-state index in [1.807, 2.05) is 6.92 Å². The topological polar surface area (TPSA) is 84.9 Å². The van der Waals surface area contributed by atoms with E-state index in [1.165, 1.54) is 18.9 Å². The fraction of sp³-hybridized carbons (Fsp3) is 0.250. The first-order valence-electron chi connectivity index (χ1n) is 8.44. The zero-order valence-electron chi connectivity index (χ0n) is 15.5. The molecule has 0 atom stereocenters. The van der Waals surface area contributed by atoms with Gasteiger partial charge in [0.25, 0.3) is 0 Å². The highest BCUT2D eigenvalue weighted by Crippen LogP contribution is 2.20. The Labute approximate surface area is 157 Å². The Hall–Kier alpha value is -3.35. The van der Waals surface area contributed by atoms with Crippen LogP contribution in [0.4, 0.5) is 11.4 Å². The maximum absolute atomic E-state index is 12.5. The lowest BCUT2D eigenvalue weighted by molar-refractivity contribution is -0.120. The van der Waals surface area contributed by atoms with Gasteiger partial charge >= 0.3 is 5.97 Å². The third-order valence-corrected chi connectivity index (χ3v) is 3.75. The zero-order valence-corrected chi connectivity index (χ0v) is 15.5. The van der Waals surface area contributed by atoms with Crippen molar-refractivity contribution in [1.29, 1.82) is 0 Å². The second-order valence-electron chi connectivity index (χ2n) is 5.62. The maximum atomic E-state index is 12.5. The molecule has 0 radical (unpaired) electrons. The highest BCUT2D eigenvalue weighted by molar-refractivity contribution is 6.05. The molecule has 0 heterocycles. The molecule has 0 saturated carbocycles. The summed E-state index contributed by atoms with van der Waals surface area (Å²) in [4.78, 5) is 37.6. The molecule has 142 valence electrons. The van der Waals surface area contributed by atoms with Crippen LogP contribution in [-0.4, -0.2) is 38.0 Å². The van der Waals surface area contributed by atoms with Crippen LogP contribution in [0, 0.1) is 0 Å². The molecule has 0 saturated heterocycles. The van der Waals surface area contributed by atoms with E-state index in [2.05, 4.69) is 5.32 Å². The number of nitrogens with one attached hydrogen (secondary N) is 1. The number of para-hydroxylation sites is 1. The first-order valence-corrected chi connectivity index (χ1v) is 8.44. The van der Waals surface area contributed by atoms with Crippen molar-refractivity contribution in [2.24, 2.45) is 0 Å². The van der Waals surface area contributed by atoms with Crippen LogP contribution in [0.25, 0.3) is 0 Å². The normalized spacial score (nSPS) is 10.0. The number of carbonyl (C=O) groups excluding carboxylic acids is 3. The number of hydrogen-bond donors (Lipinski definition) is 1. The highest BCUT2D eigenvalue weighted by atomic mass is 16.5. The smallest absolute Gasteiger partial charge is 0.339 e. The Kier molecular flexibility index (Phi) is 6.93. The first kappa shape index (κ1) is 20.0. The Balaban J connectivity index is 2.14. The number of methoxy groups -OCH3 is 1. The summed E-state index contributed by atoms with van der Waals surface area (Å²) in [7, 11) is 1.27. The van der Waals surface area contributed by atoms with Crippen molar-refractivity contribution in [2.45, 2.75) is 13.8 Å². The molecule has 2 rings (SSSR count). The Morgan fingerprint density at radius 2 is 1.70 bits per heavy atom. The van der Waals surface area contributed by atoms with Gasteiger partial charge in [0.05, 0.1) is 25.0 Å². The van der Waals surface area contributed by atoms with Crippen molar-refractivity contribution in [3.63, 3.8) is 0 Å². The van der Waals surface area contributed by atoms with Crippen LogP contribution in [0.2, 0.25) is 0 Å². The molecule has 2 aromatic carbocycles. The largest absolute Gasteiger partial charge is 0.494 e. The van der Waals surface area contributed by atoms with Gasteiger partial charge in [-0.2, -0.15) is 0 Å². The van der Waals surface area contributed by atoms with Crippen molar-refractivity contribution in [1.82, 2.24) is 0 Å². The van der Waals surface area contributed by atoms with Gasteiger partial charge in [0.15, 0.2) is 0 Å². The van der Waals surface area contributed by atoms with Gasteiger partial charge in [0.1, 0.15) is 12.3 Å². The second-order valence-corrected chi connectivity index (χ2v) is 5.62. The molecule has 7 heteroatoms. The Morgan fingerprint density at radius 1 is 1.04 bits per heavy atom. The van der Waals surface area contributed by atoms with Crippen molar-refractivity contribution in [3.05, 3.63) is 54.1 Å². The van der Waals surface area contributed by atoms with Crippen LogP contribution in [0.5, 0.6) is 5.75 Å². The van der Waals surface area contributed by atoms with Gasteiger partial charge in [0, 0.05) is 12.6 Å². The molecule has 1 N–H and O–H groups in total. The standard InChI is InChI=1S/C20H22N2O5/c1-4-27-16-11-9-15(10-12-16)22(14(2)23)13-19(24)21-18-8-6-5-7-17(18)20(25)26-3/h5-12H,4,13H2,1-3H3,(H,21,24). The van der Waals surface area contributed by atoms with Crippen LogP contribution in [0.15, 0.2) is 48.5 Å². The average molecular weight is 370 g/mol. The van der Waals surface area contributed by atoms with Crippen LogP contribution >= 0.6 is 0 Å². The molecule has 27 heavy (non-hydrogen) atoms. The van der Waals surface area contributed by atoms with Crippen molar-refractivity contribution in [3.8, 4) is 5.75 Å². The second kappa shape index (κ2) is 9.38. The van der Waals surface area contributed by atoms with Crippen LogP contribution in [0.1, 0.15) is 24.2 Å². The van der Waals surface area contributed by atoms with Crippen LogP contribution < -0.4 is 15.0 Å². The van der Waals surface area contributed by atoms with Gasteiger partial charge in [-0.3, -0.25) is 9.59 Å². The molecule has 2 aromatic rings. The lowest BCUT2D eigenvalue weighted by atomic mass is 10.2. The van der Waals surface area contributed by atoms with E-state index in [0.717, 1.165) is 0 Å². The Bertz CT molecular complexity index is 817. The zero-order chi connectivity index (χ0) is 19.8. The minimum Gasteiger partial charge on any atom is -0.494 e. The summed E-state index contributed by atoms with van der Waals surface area (Å²) < 4.78 is 10.1. The molecule has 0 spiro atoms. The van der Waals surface area contributed by atoms with Crippen molar-refractivity contribution >= 4 is 29.2 Å². The average Bonchev–Trinajstić information content (AvgIpc) is 2.67. The third-order valence-electron chi connectivity index (χ3n) is 3.75. The molecule has 0 aliphatic heterocycles. The summed E-state index contributed by atoms with van der Waals surface area (Å²) in [6, 6.07) is 13.4. The van der Waals surface area contributed by atoms with Crippen molar-refractivity contribution < 1.29 is 23.9 Å². The highest BCUT2D eigenvalue weighted by Gasteiger charge is 2.18. The van der Waals surface area contributed by atoms with E-state index in [0.29, 0.717) is 23.7 Å². The molecular weight excluding hydrogens is 348 g/mol. The monoisotopic (exact) mass is 370 g/mol. The third kappa shape index (κ3) is 5.31. The van der Waals surface area contributed by atoms with Crippen LogP contribution in [0.3, 0.4) is 0 Å². The molecule has 0 aromatic heterocycles. The summed E-state index contributed by atoms with van der Waals surface area (Å²) >= 11 is 0. The summed E-state index contributed by atoms with van der Waals surface area (Å²) in [5.74, 6) is -0.590. The molecule has 0 fully saturated rings. The number of ether oxygens (including phenoxy) is 2.